The van der Waals surface area contributed by atoms with Gasteiger partial charge in [-0.25, -0.2) is 0 Å². The van der Waals surface area contributed by atoms with Crippen molar-refractivity contribution in [3.05, 3.63) is 54.1 Å². The van der Waals surface area contributed by atoms with Crippen LogP contribution in [-0.2, 0) is 6.42 Å². The molecule has 0 spiro atoms. The fourth-order valence-corrected chi connectivity index (χ4v) is 3.23. The van der Waals surface area contributed by atoms with Gasteiger partial charge < -0.3 is 14.1 Å². The van der Waals surface area contributed by atoms with Gasteiger partial charge in [-0.05, 0) is 34.9 Å². The number of hydrogen-bond donors (Lipinski definition) is 1. The molecular formula is C19H16BO3. The highest BCUT2D eigenvalue weighted by Gasteiger charge is 2.16. The second kappa shape index (κ2) is 5.63. The van der Waals surface area contributed by atoms with E-state index in [-0.39, 0.29) is 0 Å². The maximum atomic E-state index is 9.05. The molecule has 1 heterocycles. The van der Waals surface area contributed by atoms with Crippen LogP contribution in [0.4, 0.5) is 0 Å². The van der Waals surface area contributed by atoms with E-state index in [9.17, 15) is 0 Å². The Morgan fingerprint density at radius 1 is 1.09 bits per heavy atom. The molecule has 0 aliphatic heterocycles. The highest BCUT2D eigenvalue weighted by atomic mass is 16.5. The van der Waals surface area contributed by atoms with E-state index in [1.165, 1.54) is 5.56 Å². The highest BCUT2D eigenvalue weighted by Crippen LogP contribution is 2.40. The number of rotatable bonds is 4. The number of fused-ring (bicyclic) bond motifs is 5. The molecule has 0 bridgehead atoms. The fraction of sp³-hybridized carbons (Fsp3) is 0.158. The van der Waals surface area contributed by atoms with Crippen molar-refractivity contribution in [3.63, 3.8) is 0 Å². The van der Waals surface area contributed by atoms with E-state index in [0.717, 1.165) is 40.0 Å². The summed E-state index contributed by atoms with van der Waals surface area (Å²) >= 11 is 0. The fourth-order valence-electron chi connectivity index (χ4n) is 3.23. The minimum absolute atomic E-state index is 0.523. The predicted molar refractivity (Wildman–Crippen MR) is 93.8 cm³/mol. The Bertz CT molecular complexity index is 1000. The highest BCUT2D eigenvalue weighted by molar-refractivity contribution is 6.23. The quantitative estimate of drug-likeness (QED) is 0.560. The average Bonchev–Trinajstić information content (AvgIpc) is 2.95. The Hall–Kier alpha value is -2.46. The van der Waals surface area contributed by atoms with Crippen LogP contribution in [-0.4, -0.2) is 12.7 Å². The number of furan rings is 1. The van der Waals surface area contributed by atoms with E-state index in [0.29, 0.717) is 19.0 Å². The molecule has 0 aliphatic rings. The molecular weight excluding hydrogens is 287 g/mol. The smallest absolute Gasteiger partial charge is 0.535 e. The lowest BCUT2D eigenvalue weighted by Gasteiger charge is -2.06. The predicted octanol–water partition coefficient (Wildman–Crippen LogP) is 4.60. The molecule has 0 aliphatic carbocycles. The van der Waals surface area contributed by atoms with E-state index in [4.69, 9.17) is 14.1 Å². The first kappa shape index (κ1) is 14.2. The zero-order chi connectivity index (χ0) is 15.8. The first-order valence-electron chi connectivity index (χ1n) is 7.81. The van der Waals surface area contributed by atoms with Gasteiger partial charge in [0.05, 0.1) is 0 Å². The van der Waals surface area contributed by atoms with Gasteiger partial charge >= 0.3 is 7.69 Å². The first-order valence-corrected chi connectivity index (χ1v) is 7.81. The molecule has 4 aromatic rings. The van der Waals surface area contributed by atoms with Crippen molar-refractivity contribution in [2.45, 2.75) is 19.8 Å². The molecule has 0 saturated carbocycles. The van der Waals surface area contributed by atoms with Gasteiger partial charge in [-0.3, -0.25) is 0 Å². The summed E-state index contributed by atoms with van der Waals surface area (Å²) in [6, 6.07) is 16.4. The van der Waals surface area contributed by atoms with Gasteiger partial charge in [0.15, 0.2) is 5.58 Å². The summed E-state index contributed by atoms with van der Waals surface area (Å²) in [6.45, 7) is 2.17. The van der Waals surface area contributed by atoms with Gasteiger partial charge in [-0.15, -0.1) is 0 Å². The molecule has 4 rings (SSSR count). The van der Waals surface area contributed by atoms with Crippen molar-refractivity contribution in [2.24, 2.45) is 0 Å². The third-order valence-corrected chi connectivity index (χ3v) is 4.21. The Kier molecular flexibility index (Phi) is 3.47. The summed E-state index contributed by atoms with van der Waals surface area (Å²) in [5, 5.41) is 13.3. The van der Waals surface area contributed by atoms with E-state index in [2.05, 4.69) is 31.2 Å². The van der Waals surface area contributed by atoms with Gasteiger partial charge in [0, 0.05) is 10.8 Å². The van der Waals surface area contributed by atoms with Gasteiger partial charge in [0.1, 0.15) is 11.3 Å². The zero-order valence-electron chi connectivity index (χ0n) is 12.9. The molecule has 1 radical (unpaired) electrons. The molecule has 3 aromatic carbocycles. The Balaban J connectivity index is 2.11. The molecule has 1 aromatic heterocycles. The topological polar surface area (TPSA) is 42.6 Å². The van der Waals surface area contributed by atoms with Crippen LogP contribution < -0.4 is 4.65 Å². The Morgan fingerprint density at radius 3 is 2.78 bits per heavy atom. The van der Waals surface area contributed by atoms with Gasteiger partial charge in [0.2, 0.25) is 0 Å². The second-order valence-electron chi connectivity index (χ2n) is 5.71. The van der Waals surface area contributed by atoms with Crippen molar-refractivity contribution >= 4 is 40.4 Å². The largest absolute Gasteiger partial charge is 0.569 e. The molecule has 0 saturated heterocycles. The van der Waals surface area contributed by atoms with E-state index >= 15 is 0 Å². The molecule has 113 valence electrons. The van der Waals surface area contributed by atoms with E-state index < -0.39 is 0 Å². The number of hydrogen-bond acceptors (Lipinski definition) is 3. The first-order chi connectivity index (χ1) is 11.3. The van der Waals surface area contributed by atoms with Gasteiger partial charge in [0.25, 0.3) is 0 Å². The van der Waals surface area contributed by atoms with Crippen LogP contribution in [0.15, 0.2) is 52.9 Å². The van der Waals surface area contributed by atoms with Crippen LogP contribution in [0.1, 0.15) is 18.9 Å². The molecule has 23 heavy (non-hydrogen) atoms. The van der Waals surface area contributed by atoms with Crippen LogP contribution in [0.2, 0.25) is 0 Å². The third-order valence-electron chi connectivity index (χ3n) is 4.21. The minimum atomic E-state index is 0.523. The normalized spacial score (nSPS) is 11.4. The van der Waals surface area contributed by atoms with Crippen molar-refractivity contribution in [1.82, 2.24) is 0 Å². The summed E-state index contributed by atoms with van der Waals surface area (Å²) in [6.07, 6.45) is 2.13. The maximum absolute atomic E-state index is 9.05. The lowest BCUT2D eigenvalue weighted by Crippen LogP contribution is -1.99. The van der Waals surface area contributed by atoms with Crippen LogP contribution in [0.5, 0.6) is 5.75 Å². The van der Waals surface area contributed by atoms with E-state index in [1.807, 2.05) is 24.3 Å². The molecule has 0 amide bonds. The number of aryl methyl sites for hydroxylation is 1. The van der Waals surface area contributed by atoms with Crippen LogP contribution in [0.25, 0.3) is 32.7 Å². The standard InChI is InChI=1S/C19H16BO3/c1-2-5-12-8-9-15-16(10-12)22-19-17(23-20-21)11-13-6-3-4-7-14(13)18(15)19/h3-4,6-11,21H,2,5H2,1H3. The molecule has 1 N–H and O–H groups in total. The lowest BCUT2D eigenvalue weighted by molar-refractivity contribution is 0.451. The summed E-state index contributed by atoms with van der Waals surface area (Å²) < 4.78 is 11.3. The minimum Gasteiger partial charge on any atom is -0.535 e. The summed E-state index contributed by atoms with van der Waals surface area (Å²) in [4.78, 5) is 0. The van der Waals surface area contributed by atoms with Crippen LogP contribution in [0, 0.1) is 0 Å². The molecule has 0 fully saturated rings. The Morgan fingerprint density at radius 2 is 1.96 bits per heavy atom. The summed E-state index contributed by atoms with van der Waals surface area (Å²) in [7, 11) is 0.694. The molecule has 3 nitrogen and oxygen atoms in total. The van der Waals surface area contributed by atoms with Crippen molar-refractivity contribution in [1.29, 1.82) is 0 Å². The molecule has 4 heteroatoms. The van der Waals surface area contributed by atoms with Crippen molar-refractivity contribution in [3.8, 4) is 5.75 Å². The molecule has 0 unspecified atom stereocenters. The SMILES string of the molecule is CCCc1ccc2c(c1)oc1c(O[B]O)cc3ccccc3c12. The van der Waals surface area contributed by atoms with Crippen molar-refractivity contribution in [2.75, 3.05) is 0 Å². The zero-order valence-corrected chi connectivity index (χ0v) is 12.9. The Labute approximate surface area is 134 Å². The average molecular weight is 303 g/mol. The monoisotopic (exact) mass is 303 g/mol. The third kappa shape index (κ3) is 2.26. The lowest BCUT2D eigenvalue weighted by atomic mass is 10.0. The second-order valence-corrected chi connectivity index (χ2v) is 5.71. The van der Waals surface area contributed by atoms with Gasteiger partial charge in [-0.2, -0.15) is 0 Å². The van der Waals surface area contributed by atoms with Crippen molar-refractivity contribution < 1.29 is 14.1 Å². The van der Waals surface area contributed by atoms with Crippen LogP contribution >= 0.6 is 0 Å². The molecule has 0 atom stereocenters. The van der Waals surface area contributed by atoms with Gasteiger partial charge in [-0.1, -0.05) is 49.7 Å². The number of benzene rings is 3. The summed E-state index contributed by atoms with van der Waals surface area (Å²) in [5.74, 6) is 0.523. The van der Waals surface area contributed by atoms with E-state index in [1.54, 1.807) is 0 Å². The summed E-state index contributed by atoms with van der Waals surface area (Å²) in [5.41, 5.74) is 2.78. The van der Waals surface area contributed by atoms with Crippen LogP contribution in [0.3, 0.4) is 0 Å². The maximum Gasteiger partial charge on any atom is 0.569 e.